The van der Waals surface area contributed by atoms with E-state index in [9.17, 15) is 9.59 Å². The van der Waals surface area contributed by atoms with Gasteiger partial charge in [-0.2, -0.15) is 0 Å². The third-order valence-corrected chi connectivity index (χ3v) is 2.48. The molecular formula is C14H12N2O2. The van der Waals surface area contributed by atoms with Crippen LogP contribution in [0.4, 0.5) is 0 Å². The first kappa shape index (κ1) is 12.0. The highest BCUT2D eigenvalue weighted by atomic mass is 16.2. The van der Waals surface area contributed by atoms with Crippen molar-refractivity contribution < 1.29 is 9.59 Å². The van der Waals surface area contributed by atoms with Gasteiger partial charge in [0.05, 0.1) is 0 Å². The van der Waals surface area contributed by atoms with Gasteiger partial charge >= 0.3 is 0 Å². The maximum Gasteiger partial charge on any atom is 0.270 e. The minimum Gasteiger partial charge on any atom is -0.337 e. The second kappa shape index (κ2) is 5.72. The third kappa shape index (κ3) is 2.79. The van der Waals surface area contributed by atoms with Crippen molar-refractivity contribution in [3.63, 3.8) is 0 Å². The fourth-order valence-electron chi connectivity index (χ4n) is 1.57. The topological polar surface area (TPSA) is 59.1 Å². The molecule has 0 radical (unpaired) electrons. The molecule has 0 bridgehead atoms. The van der Waals surface area contributed by atoms with Crippen LogP contribution in [-0.2, 0) is 4.79 Å². The molecule has 1 N–H and O–H groups in total. The lowest BCUT2D eigenvalue weighted by molar-refractivity contribution is -0.109. The quantitative estimate of drug-likeness (QED) is 0.828. The van der Waals surface area contributed by atoms with E-state index in [0.717, 1.165) is 5.56 Å². The smallest absolute Gasteiger partial charge is 0.270 e. The van der Waals surface area contributed by atoms with Gasteiger partial charge in [-0.15, -0.1) is 0 Å². The van der Waals surface area contributed by atoms with Gasteiger partial charge in [0.1, 0.15) is 18.0 Å². The summed E-state index contributed by atoms with van der Waals surface area (Å²) in [6.07, 6.45) is 2.24. The SMILES string of the molecule is O=C[C@H](NC(=O)c1ccccn1)c1ccccc1. The van der Waals surface area contributed by atoms with Gasteiger partial charge in [0.2, 0.25) is 0 Å². The number of pyridine rings is 1. The molecule has 0 aliphatic heterocycles. The largest absolute Gasteiger partial charge is 0.337 e. The number of amides is 1. The van der Waals surface area contributed by atoms with E-state index in [0.29, 0.717) is 12.0 Å². The monoisotopic (exact) mass is 240 g/mol. The van der Waals surface area contributed by atoms with Crippen LogP contribution in [0.15, 0.2) is 54.7 Å². The molecule has 90 valence electrons. The van der Waals surface area contributed by atoms with Gasteiger partial charge in [0.25, 0.3) is 5.91 Å². The Kier molecular flexibility index (Phi) is 3.81. The molecule has 18 heavy (non-hydrogen) atoms. The summed E-state index contributed by atoms with van der Waals surface area (Å²) in [6, 6.07) is 13.5. The molecule has 0 aliphatic rings. The first-order valence-electron chi connectivity index (χ1n) is 5.53. The van der Waals surface area contributed by atoms with Crippen LogP contribution in [0, 0.1) is 0 Å². The molecule has 0 saturated heterocycles. The van der Waals surface area contributed by atoms with Crippen LogP contribution in [0.1, 0.15) is 22.1 Å². The summed E-state index contributed by atoms with van der Waals surface area (Å²) in [5, 5.41) is 2.63. The summed E-state index contributed by atoms with van der Waals surface area (Å²) >= 11 is 0. The summed E-state index contributed by atoms with van der Waals surface area (Å²) in [6.45, 7) is 0. The number of carbonyl (C=O) groups is 2. The maximum absolute atomic E-state index is 11.9. The second-order valence-corrected chi connectivity index (χ2v) is 3.71. The highest BCUT2D eigenvalue weighted by Gasteiger charge is 2.14. The Morgan fingerprint density at radius 3 is 2.44 bits per heavy atom. The van der Waals surface area contributed by atoms with E-state index in [1.165, 1.54) is 6.20 Å². The van der Waals surface area contributed by atoms with Crippen molar-refractivity contribution in [2.45, 2.75) is 6.04 Å². The van der Waals surface area contributed by atoms with E-state index >= 15 is 0 Å². The van der Waals surface area contributed by atoms with E-state index < -0.39 is 6.04 Å². The number of aromatic nitrogens is 1. The Hall–Kier alpha value is -2.49. The van der Waals surface area contributed by atoms with E-state index in [-0.39, 0.29) is 5.91 Å². The number of nitrogens with one attached hydrogen (secondary N) is 1. The fourth-order valence-corrected chi connectivity index (χ4v) is 1.57. The van der Waals surface area contributed by atoms with Crippen molar-refractivity contribution in [2.75, 3.05) is 0 Å². The van der Waals surface area contributed by atoms with Gasteiger partial charge in [0, 0.05) is 6.20 Å². The molecule has 0 unspecified atom stereocenters. The molecule has 0 spiro atoms. The van der Waals surface area contributed by atoms with Crippen LogP contribution in [0.25, 0.3) is 0 Å². The lowest BCUT2D eigenvalue weighted by Crippen LogP contribution is -2.30. The molecule has 1 atom stereocenters. The molecule has 1 amide bonds. The molecule has 0 fully saturated rings. The van der Waals surface area contributed by atoms with Crippen LogP contribution < -0.4 is 5.32 Å². The van der Waals surface area contributed by atoms with Crippen molar-refractivity contribution >= 4 is 12.2 Å². The van der Waals surface area contributed by atoms with Crippen molar-refractivity contribution in [3.8, 4) is 0 Å². The predicted octanol–water partition coefficient (Wildman–Crippen LogP) is 1.75. The van der Waals surface area contributed by atoms with Crippen molar-refractivity contribution in [1.82, 2.24) is 10.3 Å². The zero-order chi connectivity index (χ0) is 12.8. The molecule has 2 rings (SSSR count). The normalized spacial score (nSPS) is 11.6. The van der Waals surface area contributed by atoms with Crippen molar-refractivity contribution in [3.05, 3.63) is 66.0 Å². The summed E-state index contributed by atoms with van der Waals surface area (Å²) in [5.41, 5.74) is 1.04. The van der Waals surface area contributed by atoms with Crippen LogP contribution in [-0.4, -0.2) is 17.2 Å². The minimum absolute atomic E-state index is 0.292. The molecule has 1 aromatic carbocycles. The Balaban J connectivity index is 2.13. The lowest BCUT2D eigenvalue weighted by Gasteiger charge is -2.12. The predicted molar refractivity (Wildman–Crippen MR) is 67.0 cm³/mol. The maximum atomic E-state index is 11.9. The Bertz CT molecular complexity index is 526. The first-order chi connectivity index (χ1) is 8.81. The number of carbonyl (C=O) groups excluding carboxylic acids is 2. The summed E-state index contributed by atoms with van der Waals surface area (Å²) < 4.78 is 0. The van der Waals surface area contributed by atoms with Crippen LogP contribution in [0.3, 0.4) is 0 Å². The van der Waals surface area contributed by atoms with E-state index in [4.69, 9.17) is 0 Å². The molecule has 2 aromatic rings. The molecular weight excluding hydrogens is 228 g/mol. The van der Waals surface area contributed by atoms with E-state index in [1.807, 2.05) is 18.2 Å². The van der Waals surface area contributed by atoms with Gasteiger partial charge in [-0.05, 0) is 17.7 Å². The Morgan fingerprint density at radius 2 is 1.83 bits per heavy atom. The zero-order valence-electron chi connectivity index (χ0n) is 9.61. The van der Waals surface area contributed by atoms with Gasteiger partial charge in [0.15, 0.2) is 0 Å². The summed E-state index contributed by atoms with van der Waals surface area (Å²) in [5.74, 6) is -0.364. The van der Waals surface area contributed by atoms with Gasteiger partial charge < -0.3 is 10.1 Å². The highest BCUT2D eigenvalue weighted by Crippen LogP contribution is 2.10. The third-order valence-electron chi connectivity index (χ3n) is 2.48. The van der Waals surface area contributed by atoms with Crippen molar-refractivity contribution in [2.24, 2.45) is 0 Å². The molecule has 0 saturated carbocycles. The molecule has 1 heterocycles. The zero-order valence-corrected chi connectivity index (χ0v) is 9.61. The average molecular weight is 240 g/mol. The van der Waals surface area contributed by atoms with Gasteiger partial charge in [-0.25, -0.2) is 0 Å². The number of aldehydes is 1. The number of hydrogen-bond acceptors (Lipinski definition) is 3. The average Bonchev–Trinajstić information content (AvgIpc) is 2.46. The summed E-state index contributed by atoms with van der Waals surface area (Å²) in [7, 11) is 0. The second-order valence-electron chi connectivity index (χ2n) is 3.71. The van der Waals surface area contributed by atoms with Crippen LogP contribution >= 0.6 is 0 Å². The minimum atomic E-state index is -0.652. The number of nitrogens with zero attached hydrogens (tertiary/aromatic N) is 1. The molecule has 1 aromatic heterocycles. The number of hydrogen-bond donors (Lipinski definition) is 1. The Morgan fingerprint density at radius 1 is 1.11 bits per heavy atom. The lowest BCUT2D eigenvalue weighted by atomic mass is 10.1. The van der Waals surface area contributed by atoms with Gasteiger partial charge in [-0.3, -0.25) is 9.78 Å². The van der Waals surface area contributed by atoms with Gasteiger partial charge in [-0.1, -0.05) is 36.4 Å². The van der Waals surface area contributed by atoms with Crippen molar-refractivity contribution in [1.29, 1.82) is 0 Å². The summed E-state index contributed by atoms with van der Waals surface area (Å²) in [4.78, 5) is 26.8. The van der Waals surface area contributed by atoms with Crippen LogP contribution in [0.2, 0.25) is 0 Å². The highest BCUT2D eigenvalue weighted by molar-refractivity contribution is 5.93. The Labute approximate surface area is 105 Å². The molecule has 4 nitrogen and oxygen atoms in total. The van der Waals surface area contributed by atoms with E-state index in [2.05, 4.69) is 10.3 Å². The molecule has 0 aliphatic carbocycles. The number of rotatable bonds is 4. The first-order valence-corrected chi connectivity index (χ1v) is 5.53. The molecule has 4 heteroatoms. The van der Waals surface area contributed by atoms with Crippen LogP contribution in [0.5, 0.6) is 0 Å². The fraction of sp³-hybridized carbons (Fsp3) is 0.0714. The standard InChI is InChI=1S/C14H12N2O2/c17-10-13(11-6-2-1-3-7-11)16-14(18)12-8-4-5-9-15-12/h1-10,13H,(H,16,18)/t13-/m0/s1. The number of benzene rings is 1. The van der Waals surface area contributed by atoms with E-state index in [1.54, 1.807) is 30.3 Å².